The number of carbonyl (C=O) groups is 1. The standard InChI is InChI=1S/C14H22N2O2S/c1-8(14(3,4)5)7-10-15-9(2)11(12(19)16-10)13(17)18-6/h8H,7H2,1-6H3,(H,15,16,19). The van der Waals surface area contributed by atoms with Gasteiger partial charge in [0, 0.05) is 12.1 Å². The average Bonchev–Trinajstić information content (AvgIpc) is 2.26. The molecule has 1 N–H and O–H groups in total. The zero-order chi connectivity index (χ0) is 14.8. The molecular weight excluding hydrogens is 260 g/mol. The number of H-pyrrole nitrogens is 1. The molecule has 0 fully saturated rings. The molecule has 1 heterocycles. The molecule has 0 aromatic carbocycles. The van der Waals surface area contributed by atoms with Gasteiger partial charge in [0.1, 0.15) is 16.0 Å². The summed E-state index contributed by atoms with van der Waals surface area (Å²) in [6.45, 7) is 10.6. The van der Waals surface area contributed by atoms with Crippen LogP contribution in [-0.4, -0.2) is 23.0 Å². The Kier molecular flexibility index (Phi) is 4.85. The van der Waals surface area contributed by atoms with Gasteiger partial charge in [-0.15, -0.1) is 0 Å². The maximum Gasteiger partial charge on any atom is 0.342 e. The molecule has 0 aliphatic rings. The maximum absolute atomic E-state index is 11.6. The Balaban J connectivity index is 3.09. The molecule has 0 amide bonds. The molecule has 0 aliphatic carbocycles. The molecule has 1 aromatic rings. The third-order valence-corrected chi connectivity index (χ3v) is 3.82. The van der Waals surface area contributed by atoms with E-state index < -0.39 is 5.97 Å². The van der Waals surface area contributed by atoms with Gasteiger partial charge in [0.05, 0.1) is 7.11 Å². The van der Waals surface area contributed by atoms with Gasteiger partial charge in [0.2, 0.25) is 0 Å². The van der Waals surface area contributed by atoms with E-state index in [1.165, 1.54) is 7.11 Å². The number of esters is 1. The fourth-order valence-electron chi connectivity index (χ4n) is 1.68. The summed E-state index contributed by atoms with van der Waals surface area (Å²) in [4.78, 5) is 19.1. The van der Waals surface area contributed by atoms with Crippen LogP contribution in [0, 0.1) is 22.9 Å². The summed E-state index contributed by atoms with van der Waals surface area (Å²) >= 11 is 5.18. The largest absolute Gasteiger partial charge is 0.465 e. The SMILES string of the molecule is COC(=O)c1c(C)[nH]c(CC(C)C(C)(C)C)nc1=S. The summed E-state index contributed by atoms with van der Waals surface area (Å²) < 4.78 is 5.01. The van der Waals surface area contributed by atoms with Crippen molar-refractivity contribution in [3.05, 3.63) is 21.7 Å². The summed E-state index contributed by atoms with van der Waals surface area (Å²) in [5.74, 6) is 0.827. The number of aromatic amines is 1. The smallest absolute Gasteiger partial charge is 0.342 e. The number of methoxy groups -OCH3 is 1. The molecule has 19 heavy (non-hydrogen) atoms. The monoisotopic (exact) mass is 282 g/mol. The first kappa shape index (κ1) is 15.8. The van der Waals surface area contributed by atoms with E-state index >= 15 is 0 Å². The Morgan fingerprint density at radius 2 is 2.05 bits per heavy atom. The van der Waals surface area contributed by atoms with Crippen molar-refractivity contribution in [1.29, 1.82) is 0 Å². The number of carbonyl (C=O) groups excluding carboxylic acids is 1. The van der Waals surface area contributed by atoms with Crippen LogP contribution in [0.5, 0.6) is 0 Å². The van der Waals surface area contributed by atoms with Gasteiger partial charge in [-0.2, -0.15) is 0 Å². The normalized spacial score (nSPS) is 13.2. The minimum absolute atomic E-state index is 0.200. The second-order valence-electron chi connectivity index (χ2n) is 5.95. The maximum atomic E-state index is 11.6. The molecule has 0 saturated carbocycles. The van der Waals surface area contributed by atoms with Crippen molar-refractivity contribution in [2.75, 3.05) is 7.11 Å². The molecule has 5 heteroatoms. The quantitative estimate of drug-likeness (QED) is 0.681. The zero-order valence-corrected chi connectivity index (χ0v) is 13.3. The number of rotatable bonds is 3. The van der Waals surface area contributed by atoms with E-state index in [4.69, 9.17) is 17.0 Å². The predicted molar refractivity (Wildman–Crippen MR) is 77.8 cm³/mol. The van der Waals surface area contributed by atoms with E-state index in [2.05, 4.69) is 37.7 Å². The first-order chi connectivity index (χ1) is 8.66. The van der Waals surface area contributed by atoms with Crippen molar-refractivity contribution in [2.24, 2.45) is 11.3 Å². The van der Waals surface area contributed by atoms with Crippen molar-refractivity contribution in [2.45, 2.75) is 41.0 Å². The van der Waals surface area contributed by atoms with Crippen LogP contribution in [0.25, 0.3) is 0 Å². The summed E-state index contributed by atoms with van der Waals surface area (Å²) in [5.41, 5.74) is 1.26. The molecule has 1 atom stereocenters. The van der Waals surface area contributed by atoms with Crippen LogP contribution < -0.4 is 0 Å². The van der Waals surface area contributed by atoms with E-state index in [1.54, 1.807) is 0 Å². The van der Waals surface area contributed by atoms with E-state index in [9.17, 15) is 4.79 Å². The highest BCUT2D eigenvalue weighted by Gasteiger charge is 2.22. The van der Waals surface area contributed by atoms with Gasteiger partial charge in [-0.05, 0) is 18.3 Å². The molecule has 0 aliphatic heterocycles. The molecule has 0 spiro atoms. The first-order valence-corrected chi connectivity index (χ1v) is 6.75. The molecule has 106 valence electrons. The second-order valence-corrected chi connectivity index (χ2v) is 6.34. The van der Waals surface area contributed by atoms with Crippen LogP contribution in [0.4, 0.5) is 0 Å². The fraction of sp³-hybridized carbons (Fsp3) is 0.643. The number of nitrogens with one attached hydrogen (secondary N) is 1. The molecular formula is C14H22N2O2S. The Hall–Kier alpha value is -1.23. The van der Waals surface area contributed by atoms with Gasteiger partial charge in [0.25, 0.3) is 0 Å². The van der Waals surface area contributed by atoms with Crippen LogP contribution in [-0.2, 0) is 11.2 Å². The highest BCUT2D eigenvalue weighted by Crippen LogP contribution is 2.27. The van der Waals surface area contributed by atoms with Crippen molar-refractivity contribution in [3.8, 4) is 0 Å². The topological polar surface area (TPSA) is 55.0 Å². The van der Waals surface area contributed by atoms with Crippen molar-refractivity contribution >= 4 is 18.2 Å². The molecule has 4 nitrogen and oxygen atoms in total. The van der Waals surface area contributed by atoms with E-state index in [0.29, 0.717) is 21.8 Å². The molecule has 1 unspecified atom stereocenters. The second kappa shape index (κ2) is 5.82. The molecule has 0 bridgehead atoms. The number of ether oxygens (including phenoxy) is 1. The molecule has 1 rings (SSSR count). The van der Waals surface area contributed by atoms with Crippen molar-refractivity contribution < 1.29 is 9.53 Å². The van der Waals surface area contributed by atoms with Gasteiger partial charge < -0.3 is 9.72 Å². The minimum atomic E-state index is -0.443. The van der Waals surface area contributed by atoms with E-state index in [0.717, 1.165) is 12.2 Å². The van der Waals surface area contributed by atoms with Crippen LogP contribution >= 0.6 is 12.2 Å². The number of aryl methyl sites for hydroxylation is 1. The van der Waals surface area contributed by atoms with Gasteiger partial charge >= 0.3 is 5.97 Å². The van der Waals surface area contributed by atoms with Gasteiger partial charge in [0.15, 0.2) is 0 Å². The summed E-state index contributed by atoms with van der Waals surface area (Å²) in [6.07, 6.45) is 0.801. The third-order valence-electron chi connectivity index (χ3n) is 3.52. The van der Waals surface area contributed by atoms with Crippen LogP contribution in [0.3, 0.4) is 0 Å². The lowest BCUT2D eigenvalue weighted by molar-refractivity contribution is 0.0598. The Labute approximate surface area is 119 Å². The van der Waals surface area contributed by atoms with Gasteiger partial charge in [-0.25, -0.2) is 9.78 Å². The lowest BCUT2D eigenvalue weighted by Crippen LogP contribution is -2.21. The average molecular weight is 282 g/mol. The van der Waals surface area contributed by atoms with Gasteiger partial charge in [-0.3, -0.25) is 0 Å². The highest BCUT2D eigenvalue weighted by molar-refractivity contribution is 7.71. The molecule has 0 radical (unpaired) electrons. The Morgan fingerprint density at radius 3 is 2.47 bits per heavy atom. The lowest BCUT2D eigenvalue weighted by Gasteiger charge is -2.26. The van der Waals surface area contributed by atoms with E-state index in [-0.39, 0.29) is 5.41 Å². The molecule has 1 aromatic heterocycles. The Morgan fingerprint density at radius 1 is 1.47 bits per heavy atom. The van der Waals surface area contributed by atoms with Crippen LogP contribution in [0.15, 0.2) is 0 Å². The third kappa shape index (κ3) is 3.86. The lowest BCUT2D eigenvalue weighted by atomic mass is 9.80. The van der Waals surface area contributed by atoms with Gasteiger partial charge in [-0.1, -0.05) is 39.9 Å². The predicted octanol–water partition coefficient (Wildman–Crippen LogP) is 3.46. The fourth-order valence-corrected chi connectivity index (χ4v) is 2.03. The van der Waals surface area contributed by atoms with Crippen LogP contribution in [0.2, 0.25) is 0 Å². The van der Waals surface area contributed by atoms with Crippen molar-refractivity contribution in [3.63, 3.8) is 0 Å². The molecule has 0 saturated heterocycles. The number of hydrogen-bond donors (Lipinski definition) is 1. The zero-order valence-electron chi connectivity index (χ0n) is 12.5. The summed E-state index contributed by atoms with van der Waals surface area (Å²) in [6, 6.07) is 0. The highest BCUT2D eigenvalue weighted by atomic mass is 32.1. The minimum Gasteiger partial charge on any atom is -0.465 e. The van der Waals surface area contributed by atoms with E-state index in [1.807, 2.05) is 6.92 Å². The van der Waals surface area contributed by atoms with Crippen molar-refractivity contribution in [1.82, 2.24) is 9.97 Å². The number of nitrogens with zero attached hydrogens (tertiary/aromatic N) is 1. The summed E-state index contributed by atoms with van der Waals surface area (Å²) in [7, 11) is 1.34. The first-order valence-electron chi connectivity index (χ1n) is 6.35. The Bertz CT molecular complexity index is 529. The summed E-state index contributed by atoms with van der Waals surface area (Å²) in [5, 5.41) is 0. The number of hydrogen-bond acceptors (Lipinski definition) is 4. The van der Waals surface area contributed by atoms with Crippen LogP contribution in [0.1, 0.15) is 49.6 Å². The number of aromatic nitrogens is 2.